The first kappa shape index (κ1) is 17.4. The number of thiophene rings is 2. The second-order valence-electron chi connectivity index (χ2n) is 6.04. The van der Waals surface area contributed by atoms with Gasteiger partial charge in [0.25, 0.3) is 0 Å². The Morgan fingerprint density at radius 1 is 1.00 bits per heavy atom. The third kappa shape index (κ3) is 6.05. The van der Waals surface area contributed by atoms with Gasteiger partial charge in [0.05, 0.1) is 0 Å². The quantitative estimate of drug-likeness (QED) is 0.488. The zero-order chi connectivity index (χ0) is 15.8. The highest BCUT2D eigenvalue weighted by Gasteiger charge is 2.08. The van der Waals surface area contributed by atoms with Crippen LogP contribution in [0, 0.1) is 6.92 Å². The van der Waals surface area contributed by atoms with E-state index in [1.54, 1.807) is 22.7 Å². The van der Waals surface area contributed by atoms with E-state index in [2.05, 4.69) is 36.7 Å². The monoisotopic (exact) mass is 334 g/mol. The van der Waals surface area contributed by atoms with Crippen molar-refractivity contribution in [1.29, 1.82) is 0 Å². The maximum Gasteiger partial charge on any atom is 0.138 e. The summed E-state index contributed by atoms with van der Waals surface area (Å²) in [6.07, 6.45) is 8.56. The van der Waals surface area contributed by atoms with Crippen molar-refractivity contribution in [2.24, 2.45) is 0 Å². The van der Waals surface area contributed by atoms with Crippen LogP contribution in [0.5, 0.6) is 0 Å². The molecule has 0 aromatic carbocycles. The molecule has 0 atom stereocenters. The maximum absolute atomic E-state index is 12.1. The summed E-state index contributed by atoms with van der Waals surface area (Å²) in [5.41, 5.74) is 2.72. The second kappa shape index (κ2) is 9.26. The highest BCUT2D eigenvalue weighted by atomic mass is 32.1. The van der Waals surface area contributed by atoms with Crippen molar-refractivity contribution < 1.29 is 4.79 Å². The number of ketones is 1. The number of carbonyl (C=O) groups excluding carboxylic acids is 1. The summed E-state index contributed by atoms with van der Waals surface area (Å²) >= 11 is 3.51. The Morgan fingerprint density at radius 3 is 2.55 bits per heavy atom. The molecule has 0 N–H and O–H groups in total. The highest BCUT2D eigenvalue weighted by molar-refractivity contribution is 7.10. The summed E-state index contributed by atoms with van der Waals surface area (Å²) in [5.74, 6) is 0.366. The molecule has 0 fully saturated rings. The normalized spacial score (nSPS) is 11.0. The summed E-state index contributed by atoms with van der Waals surface area (Å²) in [6.45, 7) is 4.35. The van der Waals surface area contributed by atoms with E-state index in [1.807, 2.05) is 0 Å². The van der Waals surface area contributed by atoms with E-state index in [-0.39, 0.29) is 0 Å². The smallest absolute Gasteiger partial charge is 0.138 e. The molecule has 0 bridgehead atoms. The van der Waals surface area contributed by atoms with Gasteiger partial charge in [0.15, 0.2) is 0 Å². The summed E-state index contributed by atoms with van der Waals surface area (Å²) in [7, 11) is 0. The van der Waals surface area contributed by atoms with Crippen LogP contribution in [0.4, 0.5) is 0 Å². The molecular weight excluding hydrogens is 308 g/mol. The lowest BCUT2D eigenvalue weighted by atomic mass is 10.1. The van der Waals surface area contributed by atoms with E-state index >= 15 is 0 Å². The van der Waals surface area contributed by atoms with Crippen molar-refractivity contribution in [3.8, 4) is 0 Å². The number of hydrogen-bond donors (Lipinski definition) is 0. The van der Waals surface area contributed by atoms with Crippen LogP contribution in [-0.2, 0) is 24.1 Å². The topological polar surface area (TPSA) is 17.1 Å². The van der Waals surface area contributed by atoms with Gasteiger partial charge in [-0.3, -0.25) is 4.79 Å². The Balaban J connectivity index is 1.71. The zero-order valence-corrected chi connectivity index (χ0v) is 15.3. The molecule has 0 amide bonds. The predicted octanol–water partition coefficient (Wildman–Crippen LogP) is 5.99. The van der Waals surface area contributed by atoms with E-state index in [1.165, 1.54) is 53.0 Å². The van der Waals surface area contributed by atoms with E-state index in [0.717, 1.165) is 6.42 Å². The van der Waals surface area contributed by atoms with E-state index < -0.39 is 0 Å². The van der Waals surface area contributed by atoms with Gasteiger partial charge in [-0.1, -0.05) is 26.2 Å². The average molecular weight is 335 g/mol. The van der Waals surface area contributed by atoms with Crippen molar-refractivity contribution in [1.82, 2.24) is 0 Å². The van der Waals surface area contributed by atoms with Gasteiger partial charge in [-0.05, 0) is 60.2 Å². The molecule has 0 spiro atoms. The summed E-state index contributed by atoms with van der Waals surface area (Å²) < 4.78 is 0. The standard InChI is InChI=1S/C19H26OS2/c1-3-4-5-6-7-16-11-19(22-14-16)12-17(20)8-9-18-10-15(2)13-21-18/h10-11,13-14H,3-9,12H2,1-2H3. The van der Waals surface area contributed by atoms with Crippen molar-refractivity contribution in [3.63, 3.8) is 0 Å². The number of Topliss-reactive ketones (excluding diaryl/α,β-unsaturated/α-hetero) is 1. The van der Waals surface area contributed by atoms with Gasteiger partial charge >= 0.3 is 0 Å². The van der Waals surface area contributed by atoms with Crippen molar-refractivity contribution in [2.75, 3.05) is 0 Å². The number of aryl methyl sites for hydroxylation is 3. The first-order valence-corrected chi connectivity index (χ1v) is 10.1. The molecule has 2 heterocycles. The molecule has 0 unspecified atom stereocenters. The van der Waals surface area contributed by atoms with Crippen LogP contribution in [0.25, 0.3) is 0 Å². The van der Waals surface area contributed by atoms with Gasteiger partial charge in [0.2, 0.25) is 0 Å². The summed E-state index contributed by atoms with van der Waals surface area (Å²) in [6, 6.07) is 4.43. The molecule has 0 radical (unpaired) electrons. The van der Waals surface area contributed by atoms with Gasteiger partial charge in [0.1, 0.15) is 5.78 Å². The van der Waals surface area contributed by atoms with E-state index in [0.29, 0.717) is 18.6 Å². The lowest BCUT2D eigenvalue weighted by Gasteiger charge is -1.98. The average Bonchev–Trinajstić information content (AvgIpc) is 3.11. The molecule has 1 nitrogen and oxygen atoms in total. The number of unbranched alkanes of at least 4 members (excludes halogenated alkanes) is 3. The van der Waals surface area contributed by atoms with Gasteiger partial charge in [-0.15, -0.1) is 22.7 Å². The number of rotatable bonds is 10. The lowest BCUT2D eigenvalue weighted by molar-refractivity contribution is -0.118. The molecule has 2 aromatic rings. The van der Waals surface area contributed by atoms with Crippen molar-refractivity contribution in [2.45, 2.75) is 65.2 Å². The summed E-state index contributed by atoms with van der Waals surface area (Å²) in [4.78, 5) is 14.7. The zero-order valence-electron chi connectivity index (χ0n) is 13.7. The van der Waals surface area contributed by atoms with Crippen LogP contribution < -0.4 is 0 Å². The SMILES string of the molecule is CCCCCCc1csc(CC(=O)CCc2cc(C)cs2)c1. The molecule has 0 saturated carbocycles. The molecule has 0 aliphatic heterocycles. The third-order valence-electron chi connectivity index (χ3n) is 3.83. The molecule has 2 aromatic heterocycles. The Kier molecular flexibility index (Phi) is 7.34. The molecule has 22 heavy (non-hydrogen) atoms. The minimum Gasteiger partial charge on any atom is -0.299 e. The Bertz CT molecular complexity index is 580. The fourth-order valence-electron chi connectivity index (χ4n) is 2.57. The van der Waals surface area contributed by atoms with Crippen LogP contribution in [0.2, 0.25) is 0 Å². The van der Waals surface area contributed by atoms with Gasteiger partial charge in [-0.2, -0.15) is 0 Å². The Labute approximate surface area is 142 Å². The van der Waals surface area contributed by atoms with E-state index in [4.69, 9.17) is 0 Å². The Hall–Kier alpha value is -0.930. The van der Waals surface area contributed by atoms with Gasteiger partial charge in [-0.25, -0.2) is 0 Å². The lowest BCUT2D eigenvalue weighted by Crippen LogP contribution is -2.02. The van der Waals surface area contributed by atoms with Crippen molar-refractivity contribution in [3.05, 3.63) is 43.8 Å². The van der Waals surface area contributed by atoms with Crippen LogP contribution in [0.3, 0.4) is 0 Å². The van der Waals surface area contributed by atoms with Gasteiger partial charge < -0.3 is 0 Å². The first-order valence-electron chi connectivity index (χ1n) is 8.29. The highest BCUT2D eigenvalue weighted by Crippen LogP contribution is 2.20. The molecule has 3 heteroatoms. The van der Waals surface area contributed by atoms with E-state index in [9.17, 15) is 4.79 Å². The minimum absolute atomic E-state index is 0.366. The van der Waals surface area contributed by atoms with Gasteiger partial charge in [0, 0.05) is 22.6 Å². The minimum atomic E-state index is 0.366. The molecule has 0 saturated heterocycles. The van der Waals surface area contributed by atoms with Crippen LogP contribution in [0.15, 0.2) is 22.9 Å². The number of carbonyl (C=O) groups is 1. The molecule has 2 rings (SSSR count). The molecule has 0 aliphatic rings. The molecular formula is C19H26OS2. The Morgan fingerprint density at radius 2 is 1.82 bits per heavy atom. The second-order valence-corrected chi connectivity index (χ2v) is 8.03. The fraction of sp³-hybridized carbons (Fsp3) is 0.526. The molecule has 0 aliphatic carbocycles. The van der Waals surface area contributed by atoms with Crippen LogP contribution in [0.1, 0.15) is 59.9 Å². The maximum atomic E-state index is 12.1. The molecule has 120 valence electrons. The summed E-state index contributed by atoms with van der Waals surface area (Å²) in [5, 5.41) is 4.39. The first-order chi connectivity index (χ1) is 10.7. The fourth-order valence-corrected chi connectivity index (χ4v) is 4.40. The largest absolute Gasteiger partial charge is 0.299 e. The van der Waals surface area contributed by atoms with Crippen molar-refractivity contribution >= 4 is 28.5 Å². The predicted molar refractivity (Wildman–Crippen MR) is 98.3 cm³/mol. The third-order valence-corrected chi connectivity index (χ3v) is 5.93. The number of hydrogen-bond acceptors (Lipinski definition) is 3. The van der Waals surface area contributed by atoms with Crippen LogP contribution in [-0.4, -0.2) is 5.78 Å². The van der Waals surface area contributed by atoms with Crippen LogP contribution >= 0.6 is 22.7 Å².